The number of sulfonamides is 1. The Balaban J connectivity index is 2.21. The molecule has 5 nitrogen and oxygen atoms in total. The van der Waals surface area contributed by atoms with Crippen LogP contribution in [0.15, 0.2) is 45.7 Å². The molecular weight excluding hydrogens is 353 g/mol. The topological polar surface area (TPSA) is 70.6 Å². The summed E-state index contributed by atoms with van der Waals surface area (Å²) in [4.78, 5) is 0.0228. The number of nitrogens with one attached hydrogen (secondary N) is 2. The fourth-order valence-corrected chi connectivity index (χ4v) is 3.79. The van der Waals surface area contributed by atoms with Gasteiger partial charge in [0.15, 0.2) is 0 Å². The Morgan fingerprint density at radius 2 is 1.83 bits per heavy atom. The highest BCUT2D eigenvalue weighted by Crippen LogP contribution is 2.39. The molecule has 8 heteroatoms. The first kappa shape index (κ1) is 16.7. The Labute approximate surface area is 144 Å². The van der Waals surface area contributed by atoms with Crippen molar-refractivity contribution in [2.24, 2.45) is 4.40 Å². The molecule has 1 heterocycles. The van der Waals surface area contributed by atoms with Crippen molar-refractivity contribution in [1.29, 1.82) is 0 Å². The van der Waals surface area contributed by atoms with E-state index in [1.54, 1.807) is 18.2 Å². The first-order valence-corrected chi connectivity index (χ1v) is 9.07. The predicted octanol–water partition coefficient (Wildman–Crippen LogP) is 3.61. The number of hydrogen-bond acceptors (Lipinski definition) is 4. The zero-order valence-electron chi connectivity index (χ0n) is 13.0. The summed E-state index contributed by atoms with van der Waals surface area (Å²) >= 11 is 6.06. The van der Waals surface area contributed by atoms with Crippen molar-refractivity contribution in [2.75, 3.05) is 5.32 Å². The van der Waals surface area contributed by atoms with Crippen LogP contribution in [0.4, 0.5) is 10.1 Å². The van der Waals surface area contributed by atoms with E-state index in [1.165, 1.54) is 18.2 Å². The monoisotopic (exact) mass is 367 g/mol. The average molecular weight is 368 g/mol. The third-order valence-electron chi connectivity index (χ3n) is 3.43. The Morgan fingerprint density at radius 3 is 2.54 bits per heavy atom. The second kappa shape index (κ2) is 6.07. The fourth-order valence-electron chi connectivity index (χ4n) is 2.46. The van der Waals surface area contributed by atoms with Gasteiger partial charge in [0.1, 0.15) is 10.7 Å². The quantitative estimate of drug-likeness (QED) is 0.850. The molecule has 0 unspecified atom stereocenters. The van der Waals surface area contributed by atoms with Gasteiger partial charge in [0.05, 0.1) is 10.7 Å². The van der Waals surface area contributed by atoms with Gasteiger partial charge in [-0.1, -0.05) is 35.9 Å². The largest absolute Gasteiger partial charge is 0.353 e. The summed E-state index contributed by atoms with van der Waals surface area (Å²) in [5.41, 5.74) is 1.21. The normalized spacial score (nSPS) is 15.5. The molecule has 0 bridgehead atoms. The van der Waals surface area contributed by atoms with Crippen molar-refractivity contribution in [3.63, 3.8) is 0 Å². The Kier molecular flexibility index (Phi) is 4.23. The molecule has 24 heavy (non-hydrogen) atoms. The molecule has 1 aliphatic rings. The number of fused-ring (bicyclic) bond motifs is 1. The molecule has 0 radical (unpaired) electrons. The van der Waals surface area contributed by atoms with Crippen LogP contribution in [-0.2, 0) is 10.0 Å². The molecule has 1 aliphatic heterocycles. The molecule has 0 atom stereocenters. The summed E-state index contributed by atoms with van der Waals surface area (Å²) in [6.45, 7) is 3.73. The van der Waals surface area contributed by atoms with E-state index in [0.717, 1.165) is 0 Å². The maximum absolute atomic E-state index is 13.8. The molecule has 2 aromatic rings. The van der Waals surface area contributed by atoms with Gasteiger partial charge in [-0.3, -0.25) is 0 Å². The number of hydrogen-bond donors (Lipinski definition) is 2. The molecule has 126 valence electrons. The highest BCUT2D eigenvalue weighted by atomic mass is 35.5. The molecule has 2 N–H and O–H groups in total. The Morgan fingerprint density at radius 1 is 1.17 bits per heavy atom. The number of anilines is 1. The molecule has 2 aromatic carbocycles. The van der Waals surface area contributed by atoms with Crippen molar-refractivity contribution < 1.29 is 12.8 Å². The first-order chi connectivity index (χ1) is 11.3. The second-order valence-electron chi connectivity index (χ2n) is 5.62. The van der Waals surface area contributed by atoms with Gasteiger partial charge in [-0.15, -0.1) is 4.40 Å². The lowest BCUT2D eigenvalue weighted by atomic mass is 10.0. The molecule has 0 saturated heterocycles. The van der Waals surface area contributed by atoms with E-state index in [2.05, 4.69) is 15.0 Å². The smallest absolute Gasteiger partial charge is 0.287 e. The summed E-state index contributed by atoms with van der Waals surface area (Å²) in [6, 6.07) is 9.09. The predicted molar refractivity (Wildman–Crippen MR) is 93.4 cm³/mol. The van der Waals surface area contributed by atoms with E-state index in [-0.39, 0.29) is 21.9 Å². The number of benzene rings is 2. The van der Waals surface area contributed by atoms with Gasteiger partial charge in [0.2, 0.25) is 5.96 Å². The van der Waals surface area contributed by atoms with Gasteiger partial charge >= 0.3 is 0 Å². The number of rotatable bonds is 2. The van der Waals surface area contributed by atoms with Gasteiger partial charge in [0.25, 0.3) is 10.0 Å². The van der Waals surface area contributed by atoms with E-state index in [0.29, 0.717) is 16.8 Å². The summed E-state index contributed by atoms with van der Waals surface area (Å²) in [5, 5.41) is 5.85. The third-order valence-corrected chi connectivity index (χ3v) is 5.13. The van der Waals surface area contributed by atoms with E-state index in [4.69, 9.17) is 11.6 Å². The lowest BCUT2D eigenvalue weighted by Gasteiger charge is -2.23. The van der Waals surface area contributed by atoms with E-state index in [1.807, 2.05) is 13.8 Å². The van der Waals surface area contributed by atoms with Crippen LogP contribution in [0, 0.1) is 5.82 Å². The van der Waals surface area contributed by atoms with Gasteiger partial charge in [-0.05, 0) is 26.0 Å². The van der Waals surface area contributed by atoms with E-state index < -0.39 is 15.8 Å². The molecule has 0 amide bonds. The van der Waals surface area contributed by atoms with Crippen molar-refractivity contribution in [1.82, 2.24) is 5.32 Å². The van der Waals surface area contributed by atoms with Crippen LogP contribution in [0.3, 0.4) is 0 Å². The second-order valence-corrected chi connectivity index (χ2v) is 7.57. The number of halogens is 2. The van der Waals surface area contributed by atoms with Crippen LogP contribution in [0.5, 0.6) is 0 Å². The molecule has 3 rings (SSSR count). The van der Waals surface area contributed by atoms with Crippen LogP contribution in [-0.4, -0.2) is 20.4 Å². The highest BCUT2D eigenvalue weighted by Gasteiger charge is 2.28. The van der Waals surface area contributed by atoms with Gasteiger partial charge in [-0.25, -0.2) is 4.39 Å². The van der Waals surface area contributed by atoms with Crippen LogP contribution in [0.1, 0.15) is 13.8 Å². The molecule has 0 fully saturated rings. The Hall–Kier alpha value is -2.12. The Bertz CT molecular complexity index is 942. The van der Waals surface area contributed by atoms with Crippen molar-refractivity contribution in [3.05, 3.63) is 47.2 Å². The van der Waals surface area contributed by atoms with Crippen LogP contribution in [0.2, 0.25) is 5.02 Å². The first-order valence-electron chi connectivity index (χ1n) is 7.25. The number of nitrogens with zero attached hydrogens (tertiary/aromatic N) is 1. The molecule has 0 aromatic heterocycles. The highest BCUT2D eigenvalue weighted by molar-refractivity contribution is 7.90. The summed E-state index contributed by atoms with van der Waals surface area (Å²) in [5.74, 6) is -0.447. The van der Waals surface area contributed by atoms with Gasteiger partial charge in [0, 0.05) is 17.2 Å². The van der Waals surface area contributed by atoms with Crippen molar-refractivity contribution >= 4 is 33.3 Å². The minimum absolute atomic E-state index is 0.0158. The fraction of sp³-hybridized carbons (Fsp3) is 0.188. The average Bonchev–Trinajstić information content (AvgIpc) is 2.48. The zero-order chi connectivity index (χ0) is 17.5. The summed E-state index contributed by atoms with van der Waals surface area (Å²) in [7, 11) is -3.86. The lowest BCUT2D eigenvalue weighted by Crippen LogP contribution is -2.38. The van der Waals surface area contributed by atoms with Gasteiger partial charge < -0.3 is 10.6 Å². The van der Waals surface area contributed by atoms with Crippen molar-refractivity contribution in [2.45, 2.75) is 24.8 Å². The molecule has 0 aliphatic carbocycles. The lowest BCUT2D eigenvalue weighted by molar-refractivity contribution is 0.597. The third kappa shape index (κ3) is 2.97. The number of para-hydroxylation sites is 1. The maximum Gasteiger partial charge on any atom is 0.287 e. The molecular formula is C16H15ClFN3O2S. The molecule has 0 saturated carbocycles. The van der Waals surface area contributed by atoms with Crippen LogP contribution in [0.25, 0.3) is 11.1 Å². The van der Waals surface area contributed by atoms with Crippen LogP contribution >= 0.6 is 11.6 Å². The SMILES string of the molecule is CC(C)NC1=NS(=O)(=O)c2cccc(-c3cccc(F)c3Cl)c2N1. The summed E-state index contributed by atoms with van der Waals surface area (Å²) < 4.78 is 42.4. The van der Waals surface area contributed by atoms with E-state index in [9.17, 15) is 12.8 Å². The minimum Gasteiger partial charge on any atom is -0.353 e. The molecule has 0 spiro atoms. The van der Waals surface area contributed by atoms with E-state index >= 15 is 0 Å². The van der Waals surface area contributed by atoms with Crippen molar-refractivity contribution in [3.8, 4) is 11.1 Å². The number of guanidine groups is 1. The zero-order valence-corrected chi connectivity index (χ0v) is 14.5. The standard InChI is InChI=1S/C16H15ClFN3O2S/c1-9(2)19-16-20-15-11(10-5-3-7-12(18)14(10)17)6-4-8-13(15)24(22,23)21-16/h3-9H,1-2H3,(H2,19,20,21). The van der Waals surface area contributed by atoms with Gasteiger partial charge in [-0.2, -0.15) is 8.42 Å². The minimum atomic E-state index is -3.86. The maximum atomic E-state index is 13.8. The van der Waals surface area contributed by atoms with Crippen LogP contribution < -0.4 is 10.6 Å². The summed E-state index contributed by atoms with van der Waals surface area (Å²) in [6.07, 6.45) is 0.